The Balaban J connectivity index is 1.55. The van der Waals surface area contributed by atoms with Gasteiger partial charge in [0.05, 0.1) is 4.90 Å². The average molecular weight is 443 g/mol. The molecule has 168 valence electrons. The first kappa shape index (κ1) is 23.5. The number of benzene rings is 2. The van der Waals surface area contributed by atoms with Crippen LogP contribution in [0.4, 0.5) is 0 Å². The van der Waals surface area contributed by atoms with Gasteiger partial charge in [0.2, 0.25) is 10.0 Å². The molecule has 3 rings (SSSR count). The van der Waals surface area contributed by atoms with Crippen LogP contribution in [0.1, 0.15) is 73.4 Å². The average Bonchev–Trinajstić information content (AvgIpc) is 3.07. The van der Waals surface area contributed by atoms with Gasteiger partial charge < -0.3 is 5.32 Å². The summed E-state index contributed by atoms with van der Waals surface area (Å²) in [5.74, 6) is 0.287. The van der Waals surface area contributed by atoms with Crippen LogP contribution in [0.2, 0.25) is 0 Å². The summed E-state index contributed by atoms with van der Waals surface area (Å²) in [6.45, 7) is 6.01. The molecule has 1 N–H and O–H groups in total. The van der Waals surface area contributed by atoms with Crippen molar-refractivity contribution in [2.24, 2.45) is 0 Å². The van der Waals surface area contributed by atoms with Crippen LogP contribution in [0.5, 0.6) is 0 Å². The minimum Gasteiger partial charge on any atom is -0.352 e. The number of nitrogens with one attached hydrogen (secondary N) is 1. The summed E-state index contributed by atoms with van der Waals surface area (Å²) >= 11 is 0. The van der Waals surface area contributed by atoms with Gasteiger partial charge in [0.15, 0.2) is 0 Å². The zero-order valence-electron chi connectivity index (χ0n) is 18.6. The topological polar surface area (TPSA) is 66.5 Å². The lowest BCUT2D eigenvalue weighted by molar-refractivity contribution is 0.0953. The van der Waals surface area contributed by atoms with Gasteiger partial charge in [-0.3, -0.25) is 4.79 Å². The smallest absolute Gasteiger partial charge is 0.251 e. The fourth-order valence-corrected chi connectivity index (χ4v) is 5.46. The Morgan fingerprint density at radius 2 is 1.68 bits per heavy atom. The Bertz CT molecular complexity index is 961. The molecular formula is C25H34N2O3S. The highest BCUT2D eigenvalue weighted by Gasteiger charge is 2.25. The lowest BCUT2D eigenvalue weighted by Gasteiger charge is -2.20. The second kappa shape index (κ2) is 10.9. The fraction of sp³-hybridized carbons (Fsp3) is 0.480. The van der Waals surface area contributed by atoms with Crippen LogP contribution in [0.3, 0.4) is 0 Å². The van der Waals surface area contributed by atoms with Crippen molar-refractivity contribution in [2.45, 2.75) is 63.2 Å². The zero-order chi connectivity index (χ0) is 22.3. The predicted octanol–water partition coefficient (Wildman–Crippen LogP) is 4.74. The zero-order valence-corrected chi connectivity index (χ0v) is 19.5. The summed E-state index contributed by atoms with van der Waals surface area (Å²) < 4.78 is 27.5. The first-order valence-corrected chi connectivity index (χ1v) is 12.8. The van der Waals surface area contributed by atoms with E-state index in [0.717, 1.165) is 38.5 Å². The van der Waals surface area contributed by atoms with Gasteiger partial charge in [-0.1, -0.05) is 57.0 Å². The van der Waals surface area contributed by atoms with Gasteiger partial charge >= 0.3 is 0 Å². The van der Waals surface area contributed by atoms with E-state index >= 15 is 0 Å². The first-order valence-electron chi connectivity index (χ1n) is 11.3. The predicted molar refractivity (Wildman–Crippen MR) is 125 cm³/mol. The molecule has 2 aromatic rings. The molecule has 1 aliphatic rings. The standard InChI is InChI=1S/C25H34N2O3S/c1-20(2)22-14-12-21(13-15-22)9-8-16-26-25(28)23-10-7-11-24(19-23)31(29,30)27-17-5-3-4-6-18-27/h7,10-15,19-20H,3-6,8-9,16-18H2,1-2H3,(H,26,28). The lowest BCUT2D eigenvalue weighted by Crippen LogP contribution is -2.32. The Labute approximate surface area is 186 Å². The van der Waals surface area contributed by atoms with E-state index < -0.39 is 10.0 Å². The van der Waals surface area contributed by atoms with Gasteiger partial charge in [0.1, 0.15) is 0 Å². The number of sulfonamides is 1. The molecule has 0 aliphatic carbocycles. The Morgan fingerprint density at radius 1 is 1.00 bits per heavy atom. The molecule has 0 aromatic heterocycles. The molecular weight excluding hydrogens is 408 g/mol. The van der Waals surface area contributed by atoms with Crippen LogP contribution in [-0.2, 0) is 16.4 Å². The van der Waals surface area contributed by atoms with Gasteiger partial charge in [-0.05, 0) is 60.9 Å². The third kappa shape index (κ3) is 6.40. The molecule has 0 radical (unpaired) electrons. The second-order valence-electron chi connectivity index (χ2n) is 8.60. The van der Waals surface area contributed by atoms with Gasteiger partial charge in [-0.15, -0.1) is 0 Å². The third-order valence-electron chi connectivity index (χ3n) is 5.87. The maximum atomic E-state index is 13.0. The van der Waals surface area contributed by atoms with Gasteiger partial charge in [-0.25, -0.2) is 8.42 Å². The molecule has 0 unspecified atom stereocenters. The molecule has 5 nitrogen and oxygen atoms in total. The van der Waals surface area contributed by atoms with Crippen LogP contribution in [0.15, 0.2) is 53.4 Å². The van der Waals surface area contributed by atoms with Crippen molar-refractivity contribution in [1.29, 1.82) is 0 Å². The van der Waals surface area contributed by atoms with Gasteiger partial charge in [0.25, 0.3) is 5.91 Å². The molecule has 1 fully saturated rings. The highest BCUT2D eigenvalue weighted by molar-refractivity contribution is 7.89. The van der Waals surface area contributed by atoms with Crippen molar-refractivity contribution in [3.8, 4) is 0 Å². The van der Waals surface area contributed by atoms with Crippen molar-refractivity contribution >= 4 is 15.9 Å². The maximum absolute atomic E-state index is 13.0. The molecule has 1 amide bonds. The highest BCUT2D eigenvalue weighted by Crippen LogP contribution is 2.21. The van der Waals surface area contributed by atoms with E-state index in [9.17, 15) is 13.2 Å². The number of hydrogen-bond donors (Lipinski definition) is 1. The summed E-state index contributed by atoms with van der Waals surface area (Å²) in [4.78, 5) is 12.8. The van der Waals surface area contributed by atoms with Crippen LogP contribution in [0.25, 0.3) is 0 Å². The SMILES string of the molecule is CC(C)c1ccc(CCCNC(=O)c2cccc(S(=O)(=O)N3CCCCCC3)c2)cc1. The quantitative estimate of drug-likeness (QED) is 0.601. The minimum atomic E-state index is -3.56. The van der Waals surface area contributed by atoms with Crippen molar-refractivity contribution in [2.75, 3.05) is 19.6 Å². The molecule has 1 aliphatic heterocycles. The molecule has 31 heavy (non-hydrogen) atoms. The molecule has 1 saturated heterocycles. The number of hydrogen-bond acceptors (Lipinski definition) is 3. The maximum Gasteiger partial charge on any atom is 0.251 e. The summed E-state index contributed by atoms with van der Waals surface area (Å²) in [6, 6.07) is 15.0. The van der Waals surface area contributed by atoms with Crippen molar-refractivity contribution in [3.63, 3.8) is 0 Å². The third-order valence-corrected chi connectivity index (χ3v) is 7.77. The summed E-state index contributed by atoms with van der Waals surface area (Å²) in [5.41, 5.74) is 2.97. The van der Waals surface area contributed by atoms with Crippen molar-refractivity contribution < 1.29 is 13.2 Å². The van der Waals surface area contributed by atoms with E-state index in [-0.39, 0.29) is 10.8 Å². The largest absolute Gasteiger partial charge is 0.352 e. The molecule has 0 atom stereocenters. The normalized spacial score (nSPS) is 15.6. The Hall–Kier alpha value is -2.18. The van der Waals surface area contributed by atoms with E-state index in [2.05, 4.69) is 43.4 Å². The Morgan fingerprint density at radius 3 is 2.32 bits per heavy atom. The van der Waals surface area contributed by atoms with E-state index in [1.807, 2.05) is 0 Å². The van der Waals surface area contributed by atoms with Crippen LogP contribution in [0, 0.1) is 0 Å². The van der Waals surface area contributed by atoms with Crippen molar-refractivity contribution in [3.05, 3.63) is 65.2 Å². The second-order valence-corrected chi connectivity index (χ2v) is 10.5. The number of carbonyl (C=O) groups is 1. The summed E-state index contributed by atoms with van der Waals surface area (Å²) in [5, 5.41) is 2.92. The number of amides is 1. The van der Waals surface area contributed by atoms with E-state index in [4.69, 9.17) is 0 Å². The fourth-order valence-electron chi connectivity index (χ4n) is 3.89. The van der Waals surface area contributed by atoms with E-state index in [0.29, 0.717) is 31.1 Å². The number of nitrogens with zero attached hydrogens (tertiary/aromatic N) is 1. The Kier molecular flexibility index (Phi) is 8.27. The lowest BCUT2D eigenvalue weighted by atomic mass is 10.0. The van der Waals surface area contributed by atoms with E-state index in [1.165, 1.54) is 17.2 Å². The number of rotatable bonds is 8. The number of carbonyl (C=O) groups excluding carboxylic acids is 1. The molecule has 2 aromatic carbocycles. The molecule has 0 bridgehead atoms. The number of aryl methyl sites for hydroxylation is 1. The monoisotopic (exact) mass is 442 g/mol. The first-order chi connectivity index (χ1) is 14.9. The molecule has 1 heterocycles. The summed E-state index contributed by atoms with van der Waals surface area (Å²) in [7, 11) is -3.56. The van der Waals surface area contributed by atoms with Crippen LogP contribution in [-0.4, -0.2) is 38.3 Å². The minimum absolute atomic E-state index is 0.201. The van der Waals surface area contributed by atoms with Crippen molar-refractivity contribution in [1.82, 2.24) is 9.62 Å². The highest BCUT2D eigenvalue weighted by atomic mass is 32.2. The van der Waals surface area contributed by atoms with Crippen LogP contribution >= 0.6 is 0 Å². The van der Waals surface area contributed by atoms with E-state index in [1.54, 1.807) is 22.5 Å². The van der Waals surface area contributed by atoms with Gasteiger partial charge in [-0.2, -0.15) is 4.31 Å². The molecule has 6 heteroatoms. The van der Waals surface area contributed by atoms with Gasteiger partial charge in [0, 0.05) is 25.2 Å². The van der Waals surface area contributed by atoms with Crippen LogP contribution < -0.4 is 5.32 Å². The molecule has 0 spiro atoms. The summed E-state index contributed by atoms with van der Waals surface area (Å²) in [6.07, 6.45) is 5.63. The molecule has 0 saturated carbocycles.